The third-order valence-electron chi connectivity index (χ3n) is 2.81. The van der Waals surface area contributed by atoms with Crippen molar-refractivity contribution in [3.05, 3.63) is 58.6 Å². The molecule has 0 saturated heterocycles. The first-order valence-electron chi connectivity index (χ1n) is 5.64. The molecular formula is C14H7F3O3. The Labute approximate surface area is 110 Å². The summed E-state index contributed by atoms with van der Waals surface area (Å²) in [6.45, 7) is 0. The Bertz CT molecular complexity index is 814. The molecule has 20 heavy (non-hydrogen) atoms. The van der Waals surface area contributed by atoms with E-state index in [9.17, 15) is 18.0 Å². The van der Waals surface area contributed by atoms with Gasteiger partial charge in [0, 0.05) is 11.6 Å². The van der Waals surface area contributed by atoms with E-state index in [4.69, 9.17) is 8.83 Å². The number of fused-ring (bicyclic) bond motifs is 1. The molecule has 0 N–H and O–H groups in total. The molecule has 0 aliphatic rings. The van der Waals surface area contributed by atoms with Crippen molar-refractivity contribution in [2.75, 3.05) is 0 Å². The van der Waals surface area contributed by atoms with E-state index in [-0.39, 0.29) is 11.0 Å². The molecule has 0 unspecified atom stereocenters. The Morgan fingerprint density at radius 2 is 1.85 bits per heavy atom. The van der Waals surface area contributed by atoms with E-state index in [2.05, 4.69) is 0 Å². The number of hydrogen-bond acceptors (Lipinski definition) is 3. The second kappa shape index (κ2) is 4.26. The maximum Gasteiger partial charge on any atom is 0.449 e. The van der Waals surface area contributed by atoms with Crippen LogP contribution in [0, 0.1) is 0 Å². The van der Waals surface area contributed by atoms with Crippen LogP contribution < -0.4 is 5.43 Å². The first-order valence-corrected chi connectivity index (χ1v) is 5.64. The van der Waals surface area contributed by atoms with Crippen molar-refractivity contribution >= 4 is 11.0 Å². The summed E-state index contributed by atoms with van der Waals surface area (Å²) < 4.78 is 47.5. The molecule has 0 fully saturated rings. The molecule has 6 heteroatoms. The van der Waals surface area contributed by atoms with Gasteiger partial charge in [0.15, 0.2) is 5.43 Å². The Morgan fingerprint density at radius 3 is 2.50 bits per heavy atom. The standard InChI is InChI=1S/C14H7F3O3/c15-14(16,17)13-7-10(18)9-6-8(3-4-12(9)20-13)11-2-1-5-19-11/h1-7H. The maximum atomic E-state index is 12.6. The Morgan fingerprint density at radius 1 is 1.05 bits per heavy atom. The Kier molecular flexibility index (Phi) is 2.67. The molecule has 3 rings (SSSR count). The molecule has 2 aromatic heterocycles. The quantitative estimate of drug-likeness (QED) is 0.674. The van der Waals surface area contributed by atoms with Gasteiger partial charge < -0.3 is 8.83 Å². The highest BCUT2D eigenvalue weighted by atomic mass is 19.4. The molecule has 0 atom stereocenters. The Hall–Kier alpha value is -2.50. The van der Waals surface area contributed by atoms with Gasteiger partial charge in [-0.15, -0.1) is 0 Å². The minimum absolute atomic E-state index is 0.0758. The van der Waals surface area contributed by atoms with Gasteiger partial charge in [0.2, 0.25) is 5.76 Å². The molecular weight excluding hydrogens is 273 g/mol. The van der Waals surface area contributed by atoms with Gasteiger partial charge in [-0.2, -0.15) is 13.2 Å². The highest BCUT2D eigenvalue weighted by Crippen LogP contribution is 2.31. The largest absolute Gasteiger partial charge is 0.464 e. The topological polar surface area (TPSA) is 43.4 Å². The second-order valence-corrected chi connectivity index (χ2v) is 4.16. The van der Waals surface area contributed by atoms with E-state index >= 15 is 0 Å². The molecule has 0 amide bonds. The molecule has 2 heterocycles. The SMILES string of the molecule is O=c1cc(C(F)(F)F)oc2ccc(-c3ccco3)cc12. The average Bonchev–Trinajstić information content (AvgIpc) is 2.91. The smallest absolute Gasteiger partial charge is 0.449 e. The van der Waals surface area contributed by atoms with Crippen molar-refractivity contribution in [1.29, 1.82) is 0 Å². The number of hydrogen-bond donors (Lipinski definition) is 0. The van der Waals surface area contributed by atoms with Crippen LogP contribution in [-0.4, -0.2) is 0 Å². The lowest BCUT2D eigenvalue weighted by molar-refractivity contribution is -0.152. The summed E-state index contributed by atoms with van der Waals surface area (Å²) in [4.78, 5) is 11.8. The van der Waals surface area contributed by atoms with Crippen LogP contribution in [0.2, 0.25) is 0 Å². The molecule has 0 spiro atoms. The van der Waals surface area contributed by atoms with Gasteiger partial charge in [-0.1, -0.05) is 0 Å². The average molecular weight is 280 g/mol. The van der Waals surface area contributed by atoms with Crippen molar-refractivity contribution in [2.24, 2.45) is 0 Å². The van der Waals surface area contributed by atoms with Gasteiger partial charge in [0.1, 0.15) is 11.3 Å². The van der Waals surface area contributed by atoms with Crippen molar-refractivity contribution < 1.29 is 22.0 Å². The molecule has 102 valence electrons. The highest BCUT2D eigenvalue weighted by molar-refractivity contribution is 5.82. The maximum absolute atomic E-state index is 12.6. The normalized spacial score (nSPS) is 11.9. The third-order valence-corrected chi connectivity index (χ3v) is 2.81. The van der Waals surface area contributed by atoms with Gasteiger partial charge in [0.25, 0.3) is 0 Å². The lowest BCUT2D eigenvalue weighted by Gasteiger charge is -2.06. The van der Waals surface area contributed by atoms with E-state index in [0.717, 1.165) is 0 Å². The van der Waals surface area contributed by atoms with Crippen LogP contribution in [0.1, 0.15) is 5.76 Å². The van der Waals surface area contributed by atoms with Crippen LogP contribution in [0.3, 0.4) is 0 Å². The molecule has 0 aliphatic carbocycles. The number of alkyl halides is 3. The van der Waals surface area contributed by atoms with Crippen molar-refractivity contribution in [1.82, 2.24) is 0 Å². The van der Waals surface area contributed by atoms with E-state index in [1.807, 2.05) is 0 Å². The third kappa shape index (κ3) is 2.09. The van der Waals surface area contributed by atoms with Gasteiger partial charge in [-0.05, 0) is 30.3 Å². The lowest BCUT2D eigenvalue weighted by Crippen LogP contribution is -2.10. The highest BCUT2D eigenvalue weighted by Gasteiger charge is 2.34. The van der Waals surface area contributed by atoms with E-state index in [1.54, 1.807) is 12.1 Å². The zero-order valence-electron chi connectivity index (χ0n) is 9.90. The van der Waals surface area contributed by atoms with Gasteiger partial charge in [-0.25, -0.2) is 0 Å². The van der Waals surface area contributed by atoms with Crippen molar-refractivity contribution in [2.45, 2.75) is 6.18 Å². The fourth-order valence-electron chi connectivity index (χ4n) is 1.89. The van der Waals surface area contributed by atoms with Crippen LogP contribution in [0.25, 0.3) is 22.3 Å². The monoisotopic (exact) mass is 280 g/mol. The van der Waals surface area contributed by atoms with Crippen LogP contribution in [0.4, 0.5) is 13.2 Å². The molecule has 0 saturated carbocycles. The predicted octanol–water partition coefficient (Wildman–Crippen LogP) is 4.07. The summed E-state index contributed by atoms with van der Waals surface area (Å²) in [5, 5.41) is 0.0758. The van der Waals surface area contributed by atoms with Crippen molar-refractivity contribution in [3.63, 3.8) is 0 Å². The zero-order valence-corrected chi connectivity index (χ0v) is 9.90. The van der Waals surface area contributed by atoms with Crippen LogP contribution >= 0.6 is 0 Å². The lowest BCUT2D eigenvalue weighted by atomic mass is 10.1. The summed E-state index contributed by atoms with van der Waals surface area (Å²) in [7, 11) is 0. The van der Waals surface area contributed by atoms with Crippen molar-refractivity contribution in [3.8, 4) is 11.3 Å². The summed E-state index contributed by atoms with van der Waals surface area (Å²) in [6.07, 6.45) is -3.22. The summed E-state index contributed by atoms with van der Waals surface area (Å²) in [5.41, 5.74) is -0.262. The fraction of sp³-hybridized carbons (Fsp3) is 0.0714. The summed E-state index contributed by atoms with van der Waals surface area (Å²) >= 11 is 0. The first kappa shape index (κ1) is 12.5. The molecule has 0 radical (unpaired) electrons. The molecule has 0 bridgehead atoms. The van der Waals surface area contributed by atoms with E-state index < -0.39 is 17.4 Å². The predicted molar refractivity (Wildman–Crippen MR) is 65.2 cm³/mol. The minimum Gasteiger partial charge on any atom is -0.464 e. The second-order valence-electron chi connectivity index (χ2n) is 4.16. The zero-order chi connectivity index (χ0) is 14.3. The molecule has 3 aromatic rings. The summed E-state index contributed by atoms with van der Waals surface area (Å²) in [5.74, 6) is -0.785. The van der Waals surface area contributed by atoms with E-state index in [0.29, 0.717) is 17.4 Å². The molecule has 1 aromatic carbocycles. The van der Waals surface area contributed by atoms with Gasteiger partial charge in [0.05, 0.1) is 11.6 Å². The number of rotatable bonds is 1. The minimum atomic E-state index is -4.69. The molecule has 0 aliphatic heterocycles. The molecule has 3 nitrogen and oxygen atoms in total. The van der Waals surface area contributed by atoms with Crippen LogP contribution in [-0.2, 0) is 6.18 Å². The number of benzene rings is 1. The summed E-state index contributed by atoms with van der Waals surface area (Å²) in [6, 6.07) is 8.12. The number of halogens is 3. The van der Waals surface area contributed by atoms with Gasteiger partial charge in [-0.3, -0.25) is 4.79 Å². The number of furan rings is 1. The first-order chi connectivity index (χ1) is 9.45. The van der Waals surface area contributed by atoms with Crippen LogP contribution in [0.5, 0.6) is 0 Å². The van der Waals surface area contributed by atoms with E-state index in [1.165, 1.54) is 24.5 Å². The van der Waals surface area contributed by atoms with Crippen LogP contribution in [0.15, 0.2) is 56.3 Å². The fourth-order valence-corrected chi connectivity index (χ4v) is 1.89. The Balaban J connectivity index is 2.22. The van der Waals surface area contributed by atoms with Gasteiger partial charge >= 0.3 is 6.18 Å².